The van der Waals surface area contributed by atoms with Gasteiger partial charge in [-0.15, -0.1) is 0 Å². The van der Waals surface area contributed by atoms with E-state index in [2.05, 4.69) is 13.2 Å². The van der Waals surface area contributed by atoms with Crippen LogP contribution in [0, 0.1) is 0 Å². The smallest absolute Gasteiger partial charge is 0.160 e. The number of rotatable bonds is 4. The molecule has 0 rings (SSSR count). The van der Waals surface area contributed by atoms with Crippen molar-refractivity contribution in [2.75, 3.05) is 14.2 Å². The topological polar surface area (TPSA) is 18.5 Å². The zero-order valence-electron chi connectivity index (χ0n) is 6.39. The van der Waals surface area contributed by atoms with Gasteiger partial charge in [0, 0.05) is 0 Å². The van der Waals surface area contributed by atoms with Crippen LogP contribution >= 0.6 is 0 Å². The Morgan fingerprint density at radius 1 is 1.30 bits per heavy atom. The first-order chi connectivity index (χ1) is 4.76. The molecule has 0 aliphatic carbocycles. The fourth-order valence-electron chi connectivity index (χ4n) is 0.482. The molecular weight excluding hydrogens is 128 g/mol. The molecule has 0 spiro atoms. The quantitative estimate of drug-likeness (QED) is 0.438. The highest BCUT2D eigenvalue weighted by atomic mass is 16.5. The third-order valence-corrected chi connectivity index (χ3v) is 1.01. The minimum absolute atomic E-state index is 0.502. The molecule has 0 saturated carbocycles. The van der Waals surface area contributed by atoms with E-state index in [0.29, 0.717) is 11.5 Å². The first-order valence-electron chi connectivity index (χ1n) is 2.86. The van der Waals surface area contributed by atoms with Crippen molar-refractivity contribution in [2.24, 2.45) is 0 Å². The van der Waals surface area contributed by atoms with Gasteiger partial charge in [-0.05, 0) is 6.08 Å². The SMILES string of the molecule is C=C/C=C(/OC)C(=C)OC. The van der Waals surface area contributed by atoms with Crippen LogP contribution in [0.1, 0.15) is 0 Å². The number of hydrogen-bond acceptors (Lipinski definition) is 2. The highest BCUT2D eigenvalue weighted by Gasteiger charge is 1.98. The molecule has 0 radical (unpaired) electrons. The first kappa shape index (κ1) is 8.82. The van der Waals surface area contributed by atoms with Crippen LogP contribution in [0.15, 0.2) is 36.8 Å². The lowest BCUT2D eigenvalue weighted by Crippen LogP contribution is -1.92. The fraction of sp³-hybridized carbons (Fsp3) is 0.250. The van der Waals surface area contributed by atoms with E-state index in [1.807, 2.05) is 0 Å². The third kappa shape index (κ3) is 2.40. The Hall–Kier alpha value is -1.18. The van der Waals surface area contributed by atoms with Crippen molar-refractivity contribution in [1.29, 1.82) is 0 Å². The van der Waals surface area contributed by atoms with Crippen LogP contribution in [-0.2, 0) is 9.47 Å². The maximum Gasteiger partial charge on any atom is 0.160 e. The molecule has 0 heterocycles. The summed E-state index contributed by atoms with van der Waals surface area (Å²) in [6.45, 7) is 7.11. The monoisotopic (exact) mass is 140 g/mol. The number of allylic oxidation sites excluding steroid dienone is 2. The van der Waals surface area contributed by atoms with Gasteiger partial charge in [0.1, 0.15) is 0 Å². The molecule has 0 fully saturated rings. The van der Waals surface area contributed by atoms with E-state index >= 15 is 0 Å². The van der Waals surface area contributed by atoms with Crippen molar-refractivity contribution in [3.63, 3.8) is 0 Å². The molecule has 0 amide bonds. The summed E-state index contributed by atoms with van der Waals surface area (Å²) < 4.78 is 9.73. The largest absolute Gasteiger partial charge is 0.494 e. The second-order valence-corrected chi connectivity index (χ2v) is 1.60. The average Bonchev–Trinajstić information content (AvgIpc) is 1.99. The number of hydrogen-bond donors (Lipinski definition) is 0. The minimum atomic E-state index is 0.502. The molecular formula is C8H12O2. The molecule has 0 bridgehead atoms. The van der Waals surface area contributed by atoms with Crippen molar-refractivity contribution in [3.05, 3.63) is 36.8 Å². The Morgan fingerprint density at radius 2 is 1.90 bits per heavy atom. The maximum absolute atomic E-state index is 4.91. The highest BCUT2D eigenvalue weighted by molar-refractivity contribution is 5.20. The summed E-state index contributed by atoms with van der Waals surface area (Å²) in [6.07, 6.45) is 3.30. The summed E-state index contributed by atoms with van der Waals surface area (Å²) in [5, 5.41) is 0. The Kier molecular flexibility index (Phi) is 4.12. The average molecular weight is 140 g/mol. The Labute approximate surface area is 61.5 Å². The molecule has 56 valence electrons. The lowest BCUT2D eigenvalue weighted by molar-refractivity contribution is 0.221. The molecule has 0 unspecified atom stereocenters. The van der Waals surface area contributed by atoms with Crippen LogP contribution < -0.4 is 0 Å². The number of methoxy groups -OCH3 is 2. The van der Waals surface area contributed by atoms with E-state index < -0.39 is 0 Å². The zero-order valence-corrected chi connectivity index (χ0v) is 6.39. The van der Waals surface area contributed by atoms with Gasteiger partial charge in [0.25, 0.3) is 0 Å². The van der Waals surface area contributed by atoms with Gasteiger partial charge in [-0.25, -0.2) is 0 Å². The predicted octanol–water partition coefficient (Wildman–Crippen LogP) is 1.86. The summed E-state index contributed by atoms with van der Waals surface area (Å²) in [5.41, 5.74) is 0. The van der Waals surface area contributed by atoms with Crippen molar-refractivity contribution in [3.8, 4) is 0 Å². The molecule has 0 aliphatic heterocycles. The van der Waals surface area contributed by atoms with Gasteiger partial charge in [0.2, 0.25) is 0 Å². The summed E-state index contributed by atoms with van der Waals surface area (Å²) in [5.74, 6) is 1.10. The zero-order chi connectivity index (χ0) is 7.98. The van der Waals surface area contributed by atoms with Gasteiger partial charge in [-0.2, -0.15) is 0 Å². The van der Waals surface area contributed by atoms with Crippen molar-refractivity contribution in [1.82, 2.24) is 0 Å². The molecule has 10 heavy (non-hydrogen) atoms. The fourth-order valence-corrected chi connectivity index (χ4v) is 0.482. The number of ether oxygens (including phenoxy) is 2. The molecule has 2 nitrogen and oxygen atoms in total. The van der Waals surface area contributed by atoms with Crippen molar-refractivity contribution >= 4 is 0 Å². The Balaban J connectivity index is 4.19. The molecule has 0 saturated heterocycles. The summed E-state index contributed by atoms with van der Waals surface area (Å²) in [6, 6.07) is 0. The molecule has 0 N–H and O–H groups in total. The standard InChI is InChI=1S/C8H12O2/c1-5-6-8(10-4)7(2)9-3/h5-6H,1-2H2,3-4H3/b8-6+. The Bertz CT molecular complexity index is 157. The van der Waals surface area contributed by atoms with Crippen molar-refractivity contribution in [2.45, 2.75) is 0 Å². The van der Waals surface area contributed by atoms with E-state index in [-0.39, 0.29) is 0 Å². The van der Waals surface area contributed by atoms with E-state index in [4.69, 9.17) is 9.47 Å². The first-order valence-corrected chi connectivity index (χ1v) is 2.86. The van der Waals surface area contributed by atoms with Gasteiger partial charge >= 0.3 is 0 Å². The third-order valence-electron chi connectivity index (χ3n) is 1.01. The molecule has 0 aromatic carbocycles. The van der Waals surface area contributed by atoms with E-state index in [1.165, 1.54) is 7.11 Å². The summed E-state index contributed by atoms with van der Waals surface area (Å²) >= 11 is 0. The van der Waals surface area contributed by atoms with Crippen LogP contribution in [0.4, 0.5) is 0 Å². The van der Waals surface area contributed by atoms with Crippen LogP contribution in [0.3, 0.4) is 0 Å². The van der Waals surface area contributed by atoms with Gasteiger partial charge < -0.3 is 9.47 Å². The van der Waals surface area contributed by atoms with Gasteiger partial charge in [0.15, 0.2) is 11.5 Å². The van der Waals surface area contributed by atoms with Crippen LogP contribution in [0.25, 0.3) is 0 Å². The lowest BCUT2D eigenvalue weighted by atomic mass is 10.4. The van der Waals surface area contributed by atoms with Gasteiger partial charge in [-0.1, -0.05) is 19.2 Å². The van der Waals surface area contributed by atoms with Crippen molar-refractivity contribution < 1.29 is 9.47 Å². The predicted molar refractivity (Wildman–Crippen MR) is 41.4 cm³/mol. The highest BCUT2D eigenvalue weighted by Crippen LogP contribution is 2.07. The van der Waals surface area contributed by atoms with Crippen LogP contribution in [-0.4, -0.2) is 14.2 Å². The normalized spacial score (nSPS) is 10.4. The van der Waals surface area contributed by atoms with Crippen LogP contribution in [0.2, 0.25) is 0 Å². The second kappa shape index (κ2) is 4.68. The summed E-state index contributed by atoms with van der Waals surface area (Å²) in [4.78, 5) is 0. The Morgan fingerprint density at radius 3 is 2.20 bits per heavy atom. The van der Waals surface area contributed by atoms with Crippen LogP contribution in [0.5, 0.6) is 0 Å². The van der Waals surface area contributed by atoms with E-state index in [9.17, 15) is 0 Å². The van der Waals surface area contributed by atoms with E-state index in [1.54, 1.807) is 19.3 Å². The lowest BCUT2D eigenvalue weighted by Gasteiger charge is -2.05. The molecule has 0 aromatic rings. The molecule has 0 aliphatic rings. The molecule has 0 aromatic heterocycles. The van der Waals surface area contributed by atoms with Gasteiger partial charge in [-0.3, -0.25) is 0 Å². The minimum Gasteiger partial charge on any atom is -0.494 e. The molecule has 2 heteroatoms. The maximum atomic E-state index is 4.91. The van der Waals surface area contributed by atoms with E-state index in [0.717, 1.165) is 0 Å². The second-order valence-electron chi connectivity index (χ2n) is 1.60. The summed E-state index contributed by atoms with van der Waals surface area (Å²) in [7, 11) is 3.10. The molecule has 0 atom stereocenters. The van der Waals surface area contributed by atoms with Gasteiger partial charge in [0.05, 0.1) is 14.2 Å².